The standard InChI is InChI=1S/C13H22BrNO/c14-9-13(7-8-13)10-15-12(16)11-5-3-1-2-4-6-11/h11H,1-10H2,(H,15,16). The molecule has 0 spiro atoms. The molecular weight excluding hydrogens is 266 g/mol. The second-order valence-corrected chi connectivity index (χ2v) is 6.10. The Balaban J connectivity index is 1.74. The molecule has 3 heteroatoms. The van der Waals surface area contributed by atoms with Crippen LogP contribution in [0.3, 0.4) is 0 Å². The van der Waals surface area contributed by atoms with Gasteiger partial charge in [0.05, 0.1) is 0 Å². The second-order valence-electron chi connectivity index (χ2n) is 5.54. The number of nitrogens with one attached hydrogen (secondary N) is 1. The number of halogens is 1. The molecule has 92 valence electrons. The Hall–Kier alpha value is -0.0500. The second kappa shape index (κ2) is 5.52. The zero-order chi connectivity index (χ0) is 11.4. The Labute approximate surface area is 107 Å². The van der Waals surface area contributed by atoms with Crippen LogP contribution < -0.4 is 5.32 Å². The monoisotopic (exact) mass is 287 g/mol. The predicted molar refractivity (Wildman–Crippen MR) is 69.7 cm³/mol. The van der Waals surface area contributed by atoms with Crippen LogP contribution in [0.5, 0.6) is 0 Å². The number of hydrogen-bond acceptors (Lipinski definition) is 1. The van der Waals surface area contributed by atoms with Crippen molar-refractivity contribution in [3.8, 4) is 0 Å². The number of rotatable bonds is 4. The van der Waals surface area contributed by atoms with Crippen LogP contribution in [0.15, 0.2) is 0 Å². The minimum atomic E-state index is 0.300. The zero-order valence-electron chi connectivity index (χ0n) is 9.93. The molecule has 2 rings (SSSR count). The van der Waals surface area contributed by atoms with Crippen molar-refractivity contribution in [3.05, 3.63) is 0 Å². The van der Waals surface area contributed by atoms with Crippen molar-refractivity contribution >= 4 is 21.8 Å². The van der Waals surface area contributed by atoms with Gasteiger partial charge in [0.1, 0.15) is 0 Å². The summed E-state index contributed by atoms with van der Waals surface area (Å²) in [5.41, 5.74) is 0.403. The lowest BCUT2D eigenvalue weighted by Crippen LogP contribution is -2.35. The molecule has 0 unspecified atom stereocenters. The molecule has 0 aromatic heterocycles. The lowest BCUT2D eigenvalue weighted by atomic mass is 9.99. The molecule has 0 atom stereocenters. The fourth-order valence-electron chi connectivity index (χ4n) is 2.49. The smallest absolute Gasteiger partial charge is 0.223 e. The van der Waals surface area contributed by atoms with E-state index in [-0.39, 0.29) is 0 Å². The summed E-state index contributed by atoms with van der Waals surface area (Å²) in [7, 11) is 0. The first kappa shape index (κ1) is 12.4. The summed E-state index contributed by atoms with van der Waals surface area (Å²) in [4.78, 5) is 12.0. The van der Waals surface area contributed by atoms with E-state index in [1.54, 1.807) is 0 Å². The van der Waals surface area contributed by atoms with E-state index in [4.69, 9.17) is 0 Å². The Morgan fingerprint density at radius 1 is 1.19 bits per heavy atom. The van der Waals surface area contributed by atoms with Crippen molar-refractivity contribution in [2.45, 2.75) is 51.4 Å². The van der Waals surface area contributed by atoms with Crippen LogP contribution in [0, 0.1) is 11.3 Å². The van der Waals surface area contributed by atoms with Gasteiger partial charge in [0, 0.05) is 17.8 Å². The van der Waals surface area contributed by atoms with E-state index >= 15 is 0 Å². The van der Waals surface area contributed by atoms with E-state index in [0.717, 1.165) is 24.7 Å². The topological polar surface area (TPSA) is 29.1 Å². The van der Waals surface area contributed by atoms with Crippen LogP contribution in [0.1, 0.15) is 51.4 Å². The van der Waals surface area contributed by atoms with E-state index in [2.05, 4.69) is 21.2 Å². The van der Waals surface area contributed by atoms with Crippen LogP contribution in [-0.4, -0.2) is 17.8 Å². The quantitative estimate of drug-likeness (QED) is 0.624. The molecule has 2 aliphatic carbocycles. The molecule has 0 radical (unpaired) electrons. The Bertz CT molecular complexity index is 242. The molecular formula is C13H22BrNO. The van der Waals surface area contributed by atoms with Gasteiger partial charge in [-0.2, -0.15) is 0 Å². The van der Waals surface area contributed by atoms with Crippen LogP contribution in [0.25, 0.3) is 0 Å². The molecule has 16 heavy (non-hydrogen) atoms. The SMILES string of the molecule is O=C(NCC1(CBr)CC1)C1CCCCCC1. The van der Waals surface area contributed by atoms with E-state index in [1.807, 2.05) is 0 Å². The van der Waals surface area contributed by atoms with Gasteiger partial charge in [-0.25, -0.2) is 0 Å². The zero-order valence-corrected chi connectivity index (χ0v) is 11.5. The summed E-state index contributed by atoms with van der Waals surface area (Å²) in [6.45, 7) is 0.883. The summed E-state index contributed by atoms with van der Waals surface area (Å²) in [6.07, 6.45) is 9.85. The first-order valence-corrected chi connectivity index (χ1v) is 7.72. The van der Waals surface area contributed by atoms with Crippen molar-refractivity contribution in [2.24, 2.45) is 11.3 Å². The van der Waals surface area contributed by atoms with Gasteiger partial charge >= 0.3 is 0 Å². The predicted octanol–water partition coefficient (Wildman–Crippen LogP) is 3.25. The summed E-state index contributed by atoms with van der Waals surface area (Å²) >= 11 is 3.54. The van der Waals surface area contributed by atoms with Gasteiger partial charge in [-0.3, -0.25) is 4.79 Å². The van der Waals surface area contributed by atoms with Crippen molar-refractivity contribution in [2.75, 3.05) is 11.9 Å². The summed E-state index contributed by atoms with van der Waals surface area (Å²) in [5, 5.41) is 4.20. The molecule has 0 saturated heterocycles. The maximum absolute atomic E-state index is 12.0. The number of amides is 1. The van der Waals surface area contributed by atoms with E-state index in [9.17, 15) is 4.79 Å². The first-order valence-electron chi connectivity index (χ1n) is 6.59. The maximum Gasteiger partial charge on any atom is 0.223 e. The molecule has 2 aliphatic rings. The molecule has 0 aliphatic heterocycles. The van der Waals surface area contributed by atoms with Crippen LogP contribution in [0.2, 0.25) is 0 Å². The number of carbonyl (C=O) groups is 1. The average Bonchev–Trinajstić information content (AvgIpc) is 3.11. The Morgan fingerprint density at radius 2 is 1.81 bits per heavy atom. The highest BCUT2D eigenvalue weighted by Gasteiger charge is 2.41. The Kier molecular flexibility index (Phi) is 4.28. The minimum Gasteiger partial charge on any atom is -0.355 e. The molecule has 1 N–H and O–H groups in total. The van der Waals surface area contributed by atoms with Gasteiger partial charge in [-0.05, 0) is 31.1 Å². The molecule has 0 aromatic rings. The van der Waals surface area contributed by atoms with Crippen LogP contribution in [-0.2, 0) is 4.79 Å². The molecule has 0 bridgehead atoms. The van der Waals surface area contributed by atoms with Gasteiger partial charge in [0.25, 0.3) is 0 Å². The lowest BCUT2D eigenvalue weighted by molar-refractivity contribution is -0.125. The minimum absolute atomic E-state index is 0.300. The van der Waals surface area contributed by atoms with Gasteiger partial charge < -0.3 is 5.32 Å². The lowest BCUT2D eigenvalue weighted by Gasteiger charge is -2.17. The molecule has 2 saturated carbocycles. The first-order chi connectivity index (χ1) is 7.76. The summed E-state index contributed by atoms with van der Waals surface area (Å²) < 4.78 is 0. The van der Waals surface area contributed by atoms with Crippen molar-refractivity contribution in [1.29, 1.82) is 0 Å². The highest BCUT2D eigenvalue weighted by atomic mass is 79.9. The molecule has 1 amide bonds. The normalized spacial score (nSPS) is 24.8. The van der Waals surface area contributed by atoms with Crippen molar-refractivity contribution in [3.63, 3.8) is 0 Å². The summed E-state index contributed by atoms with van der Waals surface area (Å²) in [5.74, 6) is 0.614. The van der Waals surface area contributed by atoms with E-state index in [0.29, 0.717) is 17.2 Å². The third kappa shape index (κ3) is 3.22. The fraction of sp³-hybridized carbons (Fsp3) is 0.923. The maximum atomic E-state index is 12.0. The number of alkyl halides is 1. The van der Waals surface area contributed by atoms with E-state index < -0.39 is 0 Å². The number of carbonyl (C=O) groups excluding carboxylic acids is 1. The third-order valence-electron chi connectivity index (χ3n) is 4.10. The molecule has 0 aromatic carbocycles. The van der Waals surface area contributed by atoms with Gasteiger partial charge in [0.2, 0.25) is 5.91 Å². The van der Waals surface area contributed by atoms with Crippen LogP contribution in [0.4, 0.5) is 0 Å². The fourth-order valence-corrected chi connectivity index (χ4v) is 3.25. The average molecular weight is 288 g/mol. The highest BCUT2D eigenvalue weighted by Crippen LogP contribution is 2.46. The summed E-state index contributed by atoms with van der Waals surface area (Å²) in [6, 6.07) is 0. The third-order valence-corrected chi connectivity index (χ3v) is 5.29. The van der Waals surface area contributed by atoms with Crippen LogP contribution >= 0.6 is 15.9 Å². The molecule has 0 heterocycles. The van der Waals surface area contributed by atoms with Gasteiger partial charge in [-0.1, -0.05) is 41.6 Å². The van der Waals surface area contributed by atoms with Crippen molar-refractivity contribution in [1.82, 2.24) is 5.32 Å². The Morgan fingerprint density at radius 3 is 2.31 bits per heavy atom. The largest absolute Gasteiger partial charge is 0.355 e. The molecule has 2 fully saturated rings. The number of hydrogen-bond donors (Lipinski definition) is 1. The van der Waals surface area contributed by atoms with Gasteiger partial charge in [-0.15, -0.1) is 0 Å². The van der Waals surface area contributed by atoms with Crippen molar-refractivity contribution < 1.29 is 4.79 Å². The highest BCUT2D eigenvalue weighted by molar-refractivity contribution is 9.09. The van der Waals surface area contributed by atoms with Gasteiger partial charge in [0.15, 0.2) is 0 Å². The molecule has 2 nitrogen and oxygen atoms in total. The van der Waals surface area contributed by atoms with E-state index in [1.165, 1.54) is 38.5 Å².